The topological polar surface area (TPSA) is 45.2 Å². The Bertz CT molecular complexity index is 419. The normalized spacial score (nSPS) is 19.4. The minimum absolute atomic E-state index is 0.0650. The molecule has 1 aliphatic heterocycles. The highest BCUT2D eigenvalue weighted by atomic mass is 19.1. The highest BCUT2D eigenvalue weighted by Crippen LogP contribution is 2.24. The number of rotatable bonds is 1. The van der Waals surface area contributed by atoms with Crippen LogP contribution in [0.5, 0.6) is 0 Å². The number of amides is 1. The lowest BCUT2D eigenvalue weighted by atomic mass is 9.99. The van der Waals surface area contributed by atoms with E-state index in [4.69, 9.17) is 0 Å². The lowest BCUT2D eigenvalue weighted by molar-refractivity contribution is -0.126. The second-order valence-corrected chi connectivity index (χ2v) is 4.29. The van der Waals surface area contributed by atoms with Crippen molar-refractivity contribution in [1.29, 1.82) is 0 Å². The van der Waals surface area contributed by atoms with Gasteiger partial charge in [-0.25, -0.2) is 4.98 Å². The molecular weight excluding hydrogens is 209 g/mol. The van der Waals surface area contributed by atoms with Gasteiger partial charge in [0.25, 0.3) is 0 Å². The number of piperazine rings is 1. The largest absolute Gasteiger partial charge is 0.352 e. The van der Waals surface area contributed by atoms with Crippen molar-refractivity contribution in [1.82, 2.24) is 10.3 Å². The van der Waals surface area contributed by atoms with Crippen LogP contribution in [-0.2, 0) is 4.79 Å². The summed E-state index contributed by atoms with van der Waals surface area (Å²) in [4.78, 5) is 17.3. The molecule has 5 heteroatoms. The lowest BCUT2D eigenvalue weighted by Gasteiger charge is -2.41. The second kappa shape index (κ2) is 3.73. The van der Waals surface area contributed by atoms with E-state index in [1.807, 2.05) is 4.90 Å². The van der Waals surface area contributed by atoms with Gasteiger partial charge in [0.15, 0.2) is 0 Å². The Morgan fingerprint density at radius 3 is 2.94 bits per heavy atom. The number of anilines is 1. The molecule has 0 saturated carbocycles. The van der Waals surface area contributed by atoms with Crippen LogP contribution in [0.15, 0.2) is 18.2 Å². The molecule has 1 fully saturated rings. The van der Waals surface area contributed by atoms with Crippen LogP contribution in [0.1, 0.15) is 13.8 Å². The van der Waals surface area contributed by atoms with E-state index in [0.717, 1.165) is 0 Å². The number of carbonyl (C=O) groups is 1. The Balaban J connectivity index is 2.36. The van der Waals surface area contributed by atoms with Crippen LogP contribution in [0.25, 0.3) is 0 Å². The maximum absolute atomic E-state index is 13.0. The second-order valence-electron chi connectivity index (χ2n) is 4.29. The maximum Gasteiger partial charge on any atom is 0.245 e. The van der Waals surface area contributed by atoms with Crippen LogP contribution < -0.4 is 10.2 Å². The molecular formula is C11H14FN3O. The summed E-state index contributed by atoms with van der Waals surface area (Å²) in [7, 11) is 0. The van der Waals surface area contributed by atoms with Gasteiger partial charge in [0, 0.05) is 13.1 Å². The van der Waals surface area contributed by atoms with Crippen molar-refractivity contribution in [3.05, 3.63) is 24.1 Å². The third kappa shape index (κ3) is 1.73. The van der Waals surface area contributed by atoms with Crippen LogP contribution in [0.2, 0.25) is 0 Å². The molecule has 16 heavy (non-hydrogen) atoms. The SMILES string of the molecule is CC1(C)C(=O)NCCN1c1cccc(F)n1. The van der Waals surface area contributed by atoms with E-state index in [1.165, 1.54) is 6.07 Å². The summed E-state index contributed by atoms with van der Waals surface area (Å²) in [6.07, 6.45) is 0. The van der Waals surface area contributed by atoms with E-state index >= 15 is 0 Å². The summed E-state index contributed by atoms with van der Waals surface area (Å²) in [5.41, 5.74) is -0.695. The number of hydrogen-bond acceptors (Lipinski definition) is 3. The predicted octanol–water partition coefficient (Wildman–Crippen LogP) is 0.935. The van der Waals surface area contributed by atoms with Crippen LogP contribution in [-0.4, -0.2) is 29.5 Å². The van der Waals surface area contributed by atoms with Gasteiger partial charge in [-0.05, 0) is 26.0 Å². The molecule has 1 aromatic heterocycles. The molecule has 0 atom stereocenters. The van der Waals surface area contributed by atoms with Crippen molar-refractivity contribution < 1.29 is 9.18 Å². The molecule has 0 aromatic carbocycles. The number of nitrogens with zero attached hydrogens (tertiary/aromatic N) is 2. The molecule has 2 rings (SSSR count). The summed E-state index contributed by atoms with van der Waals surface area (Å²) < 4.78 is 13.0. The third-order valence-corrected chi connectivity index (χ3v) is 2.83. The van der Waals surface area contributed by atoms with E-state index < -0.39 is 11.5 Å². The van der Waals surface area contributed by atoms with Gasteiger partial charge in [0.05, 0.1) is 0 Å². The van der Waals surface area contributed by atoms with Crippen molar-refractivity contribution >= 4 is 11.7 Å². The van der Waals surface area contributed by atoms with Gasteiger partial charge in [0.2, 0.25) is 11.9 Å². The van der Waals surface area contributed by atoms with E-state index in [1.54, 1.807) is 26.0 Å². The smallest absolute Gasteiger partial charge is 0.245 e. The first-order valence-corrected chi connectivity index (χ1v) is 5.20. The van der Waals surface area contributed by atoms with Crippen LogP contribution >= 0.6 is 0 Å². The maximum atomic E-state index is 13.0. The van der Waals surface area contributed by atoms with Crippen molar-refractivity contribution in [3.63, 3.8) is 0 Å². The number of aromatic nitrogens is 1. The van der Waals surface area contributed by atoms with Crippen LogP contribution in [0.4, 0.5) is 10.2 Å². The quantitative estimate of drug-likeness (QED) is 0.720. The van der Waals surface area contributed by atoms with Crippen molar-refractivity contribution in [3.8, 4) is 0 Å². The molecule has 0 unspecified atom stereocenters. The molecule has 1 amide bonds. The van der Waals surface area contributed by atoms with Gasteiger partial charge in [-0.2, -0.15) is 4.39 Å². The van der Waals surface area contributed by atoms with Crippen LogP contribution in [0.3, 0.4) is 0 Å². The van der Waals surface area contributed by atoms with Crippen LogP contribution in [0, 0.1) is 5.95 Å². The van der Waals surface area contributed by atoms with E-state index in [2.05, 4.69) is 10.3 Å². The minimum atomic E-state index is -0.695. The lowest BCUT2D eigenvalue weighted by Crippen LogP contribution is -2.62. The zero-order chi connectivity index (χ0) is 11.8. The molecule has 4 nitrogen and oxygen atoms in total. The number of halogens is 1. The van der Waals surface area contributed by atoms with Crippen molar-refractivity contribution in [2.45, 2.75) is 19.4 Å². The number of carbonyl (C=O) groups excluding carboxylic acids is 1. The Morgan fingerprint density at radius 1 is 1.50 bits per heavy atom. The first kappa shape index (κ1) is 10.9. The molecule has 1 aromatic rings. The average molecular weight is 223 g/mol. The Hall–Kier alpha value is -1.65. The van der Waals surface area contributed by atoms with E-state index in [9.17, 15) is 9.18 Å². The molecule has 0 aliphatic carbocycles. The minimum Gasteiger partial charge on any atom is -0.352 e. The monoisotopic (exact) mass is 223 g/mol. The molecule has 0 radical (unpaired) electrons. The highest BCUT2D eigenvalue weighted by Gasteiger charge is 2.38. The third-order valence-electron chi connectivity index (χ3n) is 2.83. The fraction of sp³-hybridized carbons (Fsp3) is 0.455. The summed E-state index contributed by atoms with van der Waals surface area (Å²) in [5, 5.41) is 2.78. The molecule has 0 bridgehead atoms. The first-order chi connectivity index (χ1) is 7.51. The van der Waals surface area contributed by atoms with Crippen molar-refractivity contribution in [2.75, 3.05) is 18.0 Å². The molecule has 1 saturated heterocycles. The zero-order valence-corrected chi connectivity index (χ0v) is 9.33. The molecule has 1 N–H and O–H groups in total. The Morgan fingerprint density at radius 2 is 2.25 bits per heavy atom. The molecule has 1 aliphatic rings. The number of pyridine rings is 1. The summed E-state index contributed by atoms with van der Waals surface area (Å²) >= 11 is 0. The van der Waals surface area contributed by atoms with Crippen molar-refractivity contribution in [2.24, 2.45) is 0 Å². The zero-order valence-electron chi connectivity index (χ0n) is 9.33. The molecule has 0 spiro atoms. The standard InChI is InChI=1S/C11H14FN3O/c1-11(2)10(16)13-6-7-15(11)9-5-3-4-8(12)14-9/h3-5H,6-7H2,1-2H3,(H,13,16). The predicted molar refractivity (Wildman–Crippen MR) is 58.6 cm³/mol. The van der Waals surface area contributed by atoms with Gasteiger partial charge in [-0.15, -0.1) is 0 Å². The fourth-order valence-electron chi connectivity index (χ4n) is 1.85. The highest BCUT2D eigenvalue weighted by molar-refractivity contribution is 5.90. The fourth-order valence-corrected chi connectivity index (χ4v) is 1.85. The molecule has 86 valence electrons. The van der Waals surface area contributed by atoms with E-state index in [0.29, 0.717) is 18.9 Å². The van der Waals surface area contributed by atoms with Gasteiger partial charge in [0.1, 0.15) is 11.4 Å². The Kier molecular flexibility index (Phi) is 2.53. The summed E-state index contributed by atoms with van der Waals surface area (Å²) in [5.74, 6) is -0.0936. The van der Waals surface area contributed by atoms with E-state index in [-0.39, 0.29) is 5.91 Å². The van der Waals surface area contributed by atoms with Gasteiger partial charge >= 0.3 is 0 Å². The summed E-state index contributed by atoms with van der Waals surface area (Å²) in [6, 6.07) is 4.60. The number of nitrogens with one attached hydrogen (secondary N) is 1. The summed E-state index contributed by atoms with van der Waals surface area (Å²) in [6.45, 7) is 4.79. The molecule has 2 heterocycles. The number of hydrogen-bond donors (Lipinski definition) is 1. The Labute approximate surface area is 93.5 Å². The van der Waals surface area contributed by atoms with Gasteiger partial charge in [-0.3, -0.25) is 4.79 Å². The van der Waals surface area contributed by atoms with Gasteiger partial charge in [-0.1, -0.05) is 6.07 Å². The average Bonchev–Trinajstić information content (AvgIpc) is 2.22. The van der Waals surface area contributed by atoms with Gasteiger partial charge < -0.3 is 10.2 Å². The first-order valence-electron chi connectivity index (χ1n) is 5.20.